The summed E-state index contributed by atoms with van der Waals surface area (Å²) in [5, 5.41) is 3.42. The van der Waals surface area contributed by atoms with E-state index < -0.39 is 11.9 Å². The van der Waals surface area contributed by atoms with Crippen LogP contribution in [0.2, 0.25) is 0 Å². The summed E-state index contributed by atoms with van der Waals surface area (Å²) in [5.74, 6) is 1.17. The highest BCUT2D eigenvalue weighted by Gasteiger charge is 2.42. The lowest BCUT2D eigenvalue weighted by Gasteiger charge is -2.32. The predicted octanol–water partition coefficient (Wildman–Crippen LogP) is 1.68. The van der Waals surface area contributed by atoms with Gasteiger partial charge in [0, 0.05) is 19.1 Å². The molecule has 1 aliphatic heterocycles. The van der Waals surface area contributed by atoms with E-state index in [9.17, 15) is 13.2 Å². The van der Waals surface area contributed by atoms with Crippen LogP contribution >= 0.6 is 0 Å². The van der Waals surface area contributed by atoms with E-state index in [1.807, 2.05) is 11.9 Å². The number of fused-ring (bicyclic) bond motifs is 2. The third-order valence-electron chi connectivity index (χ3n) is 4.08. The molecule has 3 rings (SSSR count). The molecule has 0 radical (unpaired) electrons. The highest BCUT2D eigenvalue weighted by Crippen LogP contribution is 2.35. The van der Waals surface area contributed by atoms with Crippen molar-refractivity contribution in [2.75, 3.05) is 18.5 Å². The first-order chi connectivity index (χ1) is 8.95. The van der Waals surface area contributed by atoms with Gasteiger partial charge in [-0.25, -0.2) is 9.97 Å². The summed E-state index contributed by atoms with van der Waals surface area (Å²) in [6, 6.07) is 0.712. The number of rotatable bonds is 2. The molecule has 0 spiro atoms. The van der Waals surface area contributed by atoms with Crippen LogP contribution < -0.4 is 10.2 Å². The summed E-state index contributed by atoms with van der Waals surface area (Å²) in [6.45, 7) is 1.05. The van der Waals surface area contributed by atoms with Crippen LogP contribution in [0.25, 0.3) is 0 Å². The van der Waals surface area contributed by atoms with Gasteiger partial charge in [0.25, 0.3) is 0 Å². The zero-order valence-corrected chi connectivity index (χ0v) is 10.5. The van der Waals surface area contributed by atoms with Crippen LogP contribution in [0.4, 0.5) is 19.0 Å². The van der Waals surface area contributed by atoms with Gasteiger partial charge in [-0.15, -0.1) is 0 Å². The molecule has 104 valence electrons. The largest absolute Gasteiger partial charge is 0.434 e. The summed E-state index contributed by atoms with van der Waals surface area (Å²) in [4.78, 5) is 9.28. The fourth-order valence-corrected chi connectivity index (χ4v) is 3.07. The number of aromatic nitrogens is 2. The quantitative estimate of drug-likeness (QED) is 0.889. The first kappa shape index (κ1) is 12.7. The predicted molar refractivity (Wildman–Crippen MR) is 63.7 cm³/mol. The van der Waals surface area contributed by atoms with Gasteiger partial charge in [0.05, 0.1) is 12.4 Å². The molecule has 3 atom stereocenters. The van der Waals surface area contributed by atoms with Crippen molar-refractivity contribution in [3.8, 4) is 0 Å². The molecule has 2 aliphatic rings. The molecule has 1 saturated carbocycles. The lowest BCUT2D eigenvalue weighted by atomic mass is 10.1. The summed E-state index contributed by atoms with van der Waals surface area (Å²) >= 11 is 0. The molecule has 7 heteroatoms. The summed E-state index contributed by atoms with van der Waals surface area (Å²) in [6.07, 6.45) is -0.223. The van der Waals surface area contributed by atoms with Crippen molar-refractivity contribution < 1.29 is 13.2 Å². The van der Waals surface area contributed by atoms with E-state index in [-0.39, 0.29) is 0 Å². The van der Waals surface area contributed by atoms with Crippen LogP contribution in [0.3, 0.4) is 0 Å². The molecule has 2 fully saturated rings. The number of alkyl halides is 3. The first-order valence-corrected chi connectivity index (χ1v) is 6.30. The number of hydrogen-bond acceptors (Lipinski definition) is 4. The smallest absolute Gasteiger partial charge is 0.354 e. The maximum atomic E-state index is 12.4. The van der Waals surface area contributed by atoms with Gasteiger partial charge >= 0.3 is 6.18 Å². The van der Waals surface area contributed by atoms with E-state index >= 15 is 0 Å². The van der Waals surface area contributed by atoms with Crippen molar-refractivity contribution in [1.29, 1.82) is 0 Å². The molecule has 2 bridgehead atoms. The molecule has 1 N–H and O–H groups in total. The van der Waals surface area contributed by atoms with Crippen molar-refractivity contribution in [3.63, 3.8) is 0 Å². The first-order valence-electron chi connectivity index (χ1n) is 6.30. The van der Waals surface area contributed by atoms with Crippen molar-refractivity contribution in [1.82, 2.24) is 15.3 Å². The Kier molecular flexibility index (Phi) is 2.88. The van der Waals surface area contributed by atoms with Gasteiger partial charge in [-0.3, -0.25) is 0 Å². The van der Waals surface area contributed by atoms with Crippen LogP contribution in [0.5, 0.6) is 0 Å². The van der Waals surface area contributed by atoms with Gasteiger partial charge in [0.15, 0.2) is 5.69 Å². The summed E-state index contributed by atoms with van der Waals surface area (Å²) in [5.41, 5.74) is -0.948. The molecular formula is C12H15F3N4. The van der Waals surface area contributed by atoms with E-state index in [1.54, 1.807) is 0 Å². The average Bonchev–Trinajstić information content (AvgIpc) is 2.99. The molecule has 1 aromatic rings. The van der Waals surface area contributed by atoms with E-state index in [0.717, 1.165) is 25.6 Å². The number of hydrogen-bond donors (Lipinski definition) is 1. The molecule has 0 unspecified atom stereocenters. The van der Waals surface area contributed by atoms with Crippen LogP contribution in [0, 0.1) is 5.92 Å². The number of likely N-dealkylation sites (N-methyl/N-ethyl adjacent to an activating group) is 1. The van der Waals surface area contributed by atoms with Crippen LogP contribution in [0.1, 0.15) is 18.5 Å². The minimum atomic E-state index is -4.43. The second-order valence-corrected chi connectivity index (χ2v) is 5.29. The Morgan fingerprint density at radius 1 is 1.26 bits per heavy atom. The Balaban J connectivity index is 1.75. The topological polar surface area (TPSA) is 41.1 Å². The van der Waals surface area contributed by atoms with Crippen LogP contribution in [0.15, 0.2) is 12.4 Å². The lowest BCUT2D eigenvalue weighted by molar-refractivity contribution is -0.141. The van der Waals surface area contributed by atoms with Gasteiger partial charge in [-0.1, -0.05) is 0 Å². The number of halogens is 3. The normalized spacial score (nSPS) is 29.8. The van der Waals surface area contributed by atoms with E-state index in [4.69, 9.17) is 0 Å². The third-order valence-corrected chi connectivity index (χ3v) is 4.08. The van der Waals surface area contributed by atoms with Gasteiger partial charge in [0.2, 0.25) is 0 Å². The number of piperidine rings is 1. The maximum absolute atomic E-state index is 12.4. The van der Waals surface area contributed by atoms with E-state index in [0.29, 0.717) is 23.8 Å². The molecule has 2 heterocycles. The monoisotopic (exact) mass is 272 g/mol. The van der Waals surface area contributed by atoms with Crippen molar-refractivity contribution in [2.45, 2.75) is 31.1 Å². The van der Waals surface area contributed by atoms with E-state index in [1.165, 1.54) is 6.20 Å². The second kappa shape index (κ2) is 4.33. The molecule has 4 nitrogen and oxygen atoms in total. The van der Waals surface area contributed by atoms with Crippen molar-refractivity contribution in [2.24, 2.45) is 5.92 Å². The Morgan fingerprint density at radius 3 is 2.53 bits per heavy atom. The molecule has 0 amide bonds. The minimum absolute atomic E-state index is 0.296. The van der Waals surface area contributed by atoms with Gasteiger partial charge in [-0.2, -0.15) is 13.2 Å². The Morgan fingerprint density at radius 2 is 2.05 bits per heavy atom. The number of nitrogens with one attached hydrogen (secondary N) is 1. The second-order valence-electron chi connectivity index (χ2n) is 5.29. The standard InChI is InChI=1S/C12H15F3N4/c1-19(9-3-7-2-8(9)16-4-7)11-6-17-10(5-18-11)12(13,14)15/h5-9,16H,2-4H2,1H3/t7-,8-,9+/m0/s1. The van der Waals surface area contributed by atoms with Crippen LogP contribution in [-0.4, -0.2) is 35.6 Å². The minimum Gasteiger partial charge on any atom is -0.354 e. The molecule has 1 aromatic heterocycles. The fraction of sp³-hybridized carbons (Fsp3) is 0.667. The Hall–Kier alpha value is -1.37. The fourth-order valence-electron chi connectivity index (χ4n) is 3.07. The highest BCUT2D eigenvalue weighted by molar-refractivity contribution is 5.38. The molecule has 19 heavy (non-hydrogen) atoms. The van der Waals surface area contributed by atoms with E-state index in [2.05, 4.69) is 15.3 Å². The molecule has 1 saturated heterocycles. The third kappa shape index (κ3) is 2.27. The van der Waals surface area contributed by atoms with Crippen LogP contribution in [-0.2, 0) is 6.18 Å². The molecule has 0 aromatic carbocycles. The lowest BCUT2D eigenvalue weighted by Crippen LogP contribution is -2.47. The Bertz CT molecular complexity index is 459. The van der Waals surface area contributed by atoms with Gasteiger partial charge in [-0.05, 0) is 25.3 Å². The molecule has 1 aliphatic carbocycles. The van der Waals surface area contributed by atoms with Crippen molar-refractivity contribution >= 4 is 5.82 Å². The van der Waals surface area contributed by atoms with Gasteiger partial charge < -0.3 is 10.2 Å². The summed E-state index contributed by atoms with van der Waals surface area (Å²) < 4.78 is 37.3. The molecular weight excluding hydrogens is 257 g/mol. The zero-order chi connectivity index (χ0) is 13.6. The summed E-state index contributed by atoms with van der Waals surface area (Å²) in [7, 11) is 1.87. The SMILES string of the molecule is CN(c1cnc(C(F)(F)F)cn1)[C@@H]1C[C@H]2CN[C@H]1C2. The maximum Gasteiger partial charge on any atom is 0.434 e. The number of nitrogens with zero attached hydrogens (tertiary/aromatic N) is 3. The van der Waals surface area contributed by atoms with Gasteiger partial charge in [0.1, 0.15) is 5.82 Å². The number of anilines is 1. The highest BCUT2D eigenvalue weighted by atomic mass is 19.4. The average molecular weight is 272 g/mol. The van der Waals surface area contributed by atoms with Crippen molar-refractivity contribution in [3.05, 3.63) is 18.1 Å². The zero-order valence-electron chi connectivity index (χ0n) is 10.5. The Labute approximate surface area is 109 Å².